The highest BCUT2D eigenvalue weighted by atomic mass is 32.2. The van der Waals surface area contributed by atoms with Gasteiger partial charge >= 0.3 is 0 Å². The number of benzene rings is 3. The topological polar surface area (TPSA) is 53.8 Å². The number of halogens is 1. The Morgan fingerprint density at radius 1 is 0.903 bits per heavy atom. The second-order valence-corrected chi connectivity index (χ2v) is 8.16. The van der Waals surface area contributed by atoms with Gasteiger partial charge in [0, 0.05) is 13.0 Å². The average molecular weight is 432 g/mol. The first-order valence-electron chi connectivity index (χ1n) is 10.1. The summed E-state index contributed by atoms with van der Waals surface area (Å²) in [5.74, 6) is -0.0257. The lowest BCUT2D eigenvalue weighted by Crippen LogP contribution is -2.27. The SMILES string of the molecule is O=C(CSC1=Nc2ccccc2N=C(c2ccc(F)cc2)C1)NCCc1ccccc1. The minimum Gasteiger partial charge on any atom is -0.355 e. The van der Waals surface area contributed by atoms with Gasteiger partial charge in [0.05, 0.1) is 27.9 Å². The highest BCUT2D eigenvalue weighted by Crippen LogP contribution is 2.33. The number of rotatable bonds is 6. The first-order valence-corrected chi connectivity index (χ1v) is 11.1. The fourth-order valence-corrected chi connectivity index (χ4v) is 4.04. The summed E-state index contributed by atoms with van der Waals surface area (Å²) in [7, 11) is 0. The smallest absolute Gasteiger partial charge is 0.230 e. The minimum absolute atomic E-state index is 0.0264. The van der Waals surface area contributed by atoms with E-state index in [1.807, 2.05) is 42.5 Å². The van der Waals surface area contributed by atoms with Crippen LogP contribution >= 0.6 is 11.8 Å². The van der Waals surface area contributed by atoms with E-state index in [2.05, 4.69) is 17.4 Å². The van der Waals surface area contributed by atoms with Crippen LogP contribution in [0.1, 0.15) is 17.5 Å². The number of hydrogen-bond acceptors (Lipinski definition) is 4. The zero-order valence-electron chi connectivity index (χ0n) is 16.9. The van der Waals surface area contributed by atoms with E-state index in [-0.39, 0.29) is 17.5 Å². The third-order valence-electron chi connectivity index (χ3n) is 4.83. The molecule has 6 heteroatoms. The first kappa shape index (κ1) is 21.0. The van der Waals surface area contributed by atoms with Crippen molar-refractivity contribution in [1.29, 1.82) is 0 Å². The van der Waals surface area contributed by atoms with Crippen molar-refractivity contribution in [2.24, 2.45) is 9.98 Å². The Morgan fingerprint density at radius 2 is 1.58 bits per heavy atom. The molecule has 0 atom stereocenters. The minimum atomic E-state index is -0.284. The zero-order chi connectivity index (χ0) is 21.5. The zero-order valence-corrected chi connectivity index (χ0v) is 17.7. The van der Waals surface area contributed by atoms with Crippen molar-refractivity contribution < 1.29 is 9.18 Å². The monoisotopic (exact) mass is 431 g/mol. The Labute approximate surface area is 185 Å². The number of thioether (sulfide) groups is 1. The molecule has 4 rings (SSSR count). The van der Waals surface area contributed by atoms with Gasteiger partial charge in [-0.05, 0) is 41.8 Å². The highest BCUT2D eigenvalue weighted by Gasteiger charge is 2.16. The molecule has 4 nitrogen and oxygen atoms in total. The highest BCUT2D eigenvalue weighted by molar-refractivity contribution is 8.14. The van der Waals surface area contributed by atoms with Crippen molar-refractivity contribution in [2.75, 3.05) is 12.3 Å². The molecule has 0 aliphatic carbocycles. The molecule has 0 spiro atoms. The van der Waals surface area contributed by atoms with E-state index >= 15 is 0 Å². The second-order valence-electron chi connectivity index (χ2n) is 7.11. The molecule has 3 aromatic rings. The summed E-state index contributed by atoms with van der Waals surface area (Å²) in [4.78, 5) is 21.8. The van der Waals surface area contributed by atoms with Crippen LogP contribution in [0.25, 0.3) is 0 Å². The van der Waals surface area contributed by atoms with Gasteiger partial charge in [0.2, 0.25) is 5.91 Å². The maximum Gasteiger partial charge on any atom is 0.230 e. The third kappa shape index (κ3) is 5.89. The van der Waals surface area contributed by atoms with Crippen LogP contribution in [0.3, 0.4) is 0 Å². The van der Waals surface area contributed by atoms with Crippen LogP contribution in [0.2, 0.25) is 0 Å². The number of carbonyl (C=O) groups is 1. The summed E-state index contributed by atoms with van der Waals surface area (Å²) in [5, 5.41) is 3.78. The molecular weight excluding hydrogens is 409 g/mol. The standard InChI is InChI=1S/C25H22FN3OS/c26-20-12-10-19(11-13-20)23-16-25(29-22-9-5-4-8-21(22)28-23)31-17-24(30)27-15-14-18-6-2-1-3-7-18/h1-13H,14-17H2,(H,27,30). The van der Waals surface area contributed by atoms with Crippen molar-refractivity contribution >= 4 is 39.8 Å². The van der Waals surface area contributed by atoms with Crippen LogP contribution in [0.15, 0.2) is 88.8 Å². The molecule has 0 saturated carbocycles. The van der Waals surface area contributed by atoms with Crippen molar-refractivity contribution in [3.05, 3.63) is 95.8 Å². The molecule has 1 aliphatic rings. The Balaban J connectivity index is 1.41. The maximum absolute atomic E-state index is 13.4. The number of aliphatic imine (C=N–C) groups is 2. The Hall–Kier alpha value is -3.25. The van der Waals surface area contributed by atoms with Gasteiger partial charge in [0.1, 0.15) is 5.82 Å². The molecule has 1 N–H and O–H groups in total. The van der Waals surface area contributed by atoms with Gasteiger partial charge in [-0.2, -0.15) is 0 Å². The van der Waals surface area contributed by atoms with E-state index in [0.29, 0.717) is 13.0 Å². The molecule has 0 unspecified atom stereocenters. The molecular formula is C25H22FN3OS. The Bertz CT molecular complexity index is 1110. The molecule has 156 valence electrons. The molecule has 0 bridgehead atoms. The Morgan fingerprint density at radius 3 is 2.32 bits per heavy atom. The van der Waals surface area contributed by atoms with Crippen molar-refractivity contribution in [3.63, 3.8) is 0 Å². The summed E-state index contributed by atoms with van der Waals surface area (Å²) < 4.78 is 13.4. The van der Waals surface area contributed by atoms with Gasteiger partial charge in [0.15, 0.2) is 0 Å². The van der Waals surface area contributed by atoms with Crippen molar-refractivity contribution in [3.8, 4) is 0 Å². The first-order chi connectivity index (χ1) is 15.2. The summed E-state index contributed by atoms with van der Waals surface area (Å²) in [6, 6.07) is 24.0. The van der Waals surface area contributed by atoms with Gasteiger partial charge in [-0.15, -0.1) is 11.8 Å². The second kappa shape index (κ2) is 10.2. The predicted molar refractivity (Wildman–Crippen MR) is 126 cm³/mol. The number of amides is 1. The van der Waals surface area contributed by atoms with Crippen LogP contribution in [0.4, 0.5) is 15.8 Å². The molecule has 1 heterocycles. The number of para-hydroxylation sites is 2. The van der Waals surface area contributed by atoms with Gasteiger partial charge in [-0.25, -0.2) is 9.38 Å². The number of hydrogen-bond donors (Lipinski definition) is 1. The molecule has 1 aliphatic heterocycles. The van der Waals surface area contributed by atoms with Crippen LogP contribution in [-0.2, 0) is 11.2 Å². The number of nitrogens with zero attached hydrogens (tertiary/aromatic N) is 2. The third-order valence-corrected chi connectivity index (χ3v) is 5.80. The summed E-state index contributed by atoms with van der Waals surface area (Å²) >= 11 is 1.41. The normalized spacial score (nSPS) is 12.9. The van der Waals surface area contributed by atoms with E-state index in [9.17, 15) is 9.18 Å². The van der Waals surface area contributed by atoms with E-state index in [1.165, 1.54) is 29.5 Å². The van der Waals surface area contributed by atoms with E-state index < -0.39 is 0 Å². The predicted octanol–water partition coefficient (Wildman–Crippen LogP) is 5.47. The van der Waals surface area contributed by atoms with Crippen LogP contribution in [0.5, 0.6) is 0 Å². The fraction of sp³-hybridized carbons (Fsp3) is 0.160. The molecule has 31 heavy (non-hydrogen) atoms. The van der Waals surface area contributed by atoms with Gasteiger partial charge in [-0.3, -0.25) is 9.79 Å². The number of carbonyl (C=O) groups excluding carboxylic acids is 1. The molecule has 0 saturated heterocycles. The lowest BCUT2D eigenvalue weighted by atomic mass is 10.1. The lowest BCUT2D eigenvalue weighted by molar-refractivity contribution is -0.118. The van der Waals surface area contributed by atoms with Gasteiger partial charge in [0.25, 0.3) is 0 Å². The van der Waals surface area contributed by atoms with E-state index in [0.717, 1.165) is 34.1 Å². The summed E-state index contributed by atoms with van der Waals surface area (Å²) in [6.07, 6.45) is 1.29. The summed E-state index contributed by atoms with van der Waals surface area (Å²) in [6.45, 7) is 0.598. The number of fused-ring (bicyclic) bond motifs is 1. The number of nitrogens with one attached hydrogen (secondary N) is 1. The average Bonchev–Trinajstić information content (AvgIpc) is 2.98. The van der Waals surface area contributed by atoms with Crippen LogP contribution in [-0.4, -0.2) is 29.0 Å². The van der Waals surface area contributed by atoms with Crippen molar-refractivity contribution in [2.45, 2.75) is 12.8 Å². The van der Waals surface area contributed by atoms with Crippen LogP contribution in [0, 0.1) is 5.82 Å². The molecule has 3 aromatic carbocycles. The quantitative estimate of drug-likeness (QED) is 0.562. The molecule has 1 amide bonds. The molecule has 0 fully saturated rings. The lowest BCUT2D eigenvalue weighted by Gasteiger charge is -2.08. The van der Waals surface area contributed by atoms with Crippen molar-refractivity contribution in [1.82, 2.24) is 5.32 Å². The van der Waals surface area contributed by atoms with Crippen LogP contribution < -0.4 is 5.32 Å². The van der Waals surface area contributed by atoms with Gasteiger partial charge in [-0.1, -0.05) is 54.6 Å². The Kier molecular flexibility index (Phi) is 6.89. The van der Waals surface area contributed by atoms with E-state index in [4.69, 9.17) is 9.98 Å². The maximum atomic E-state index is 13.4. The largest absolute Gasteiger partial charge is 0.355 e. The van der Waals surface area contributed by atoms with Gasteiger partial charge < -0.3 is 5.32 Å². The molecule has 0 aromatic heterocycles. The molecule has 0 radical (unpaired) electrons. The van der Waals surface area contributed by atoms with E-state index in [1.54, 1.807) is 12.1 Å². The fourth-order valence-electron chi connectivity index (χ4n) is 3.24. The summed E-state index contributed by atoms with van der Waals surface area (Å²) in [5.41, 5.74) is 4.39.